The summed E-state index contributed by atoms with van der Waals surface area (Å²) in [5.74, 6) is 0. The van der Waals surface area contributed by atoms with Crippen LogP contribution in [0.3, 0.4) is 0 Å². The van der Waals surface area contributed by atoms with Crippen molar-refractivity contribution in [3.63, 3.8) is 0 Å². The van der Waals surface area contributed by atoms with E-state index in [-0.39, 0.29) is 0 Å². The SMILES string of the molecule is OC[C@H](O)[C@@H]1O[C@@H]2O[C@H](c3ccccc3)O[C@@H]2[C@H]1O. The summed E-state index contributed by atoms with van der Waals surface area (Å²) >= 11 is 0. The van der Waals surface area contributed by atoms with Crippen molar-refractivity contribution in [1.82, 2.24) is 0 Å². The van der Waals surface area contributed by atoms with Crippen molar-refractivity contribution in [2.24, 2.45) is 0 Å². The summed E-state index contributed by atoms with van der Waals surface area (Å²) in [4.78, 5) is 0. The Bertz CT molecular complexity index is 424. The first-order valence-corrected chi connectivity index (χ1v) is 6.19. The molecule has 2 heterocycles. The van der Waals surface area contributed by atoms with Gasteiger partial charge >= 0.3 is 0 Å². The van der Waals surface area contributed by atoms with Crippen molar-refractivity contribution in [2.45, 2.75) is 37.0 Å². The van der Waals surface area contributed by atoms with Crippen molar-refractivity contribution in [2.75, 3.05) is 6.61 Å². The molecule has 1 aromatic rings. The number of benzene rings is 1. The first-order chi connectivity index (χ1) is 9.20. The fraction of sp³-hybridized carbons (Fsp3) is 0.538. The monoisotopic (exact) mass is 268 g/mol. The van der Waals surface area contributed by atoms with Crippen molar-refractivity contribution in [1.29, 1.82) is 0 Å². The van der Waals surface area contributed by atoms with Gasteiger partial charge in [0.25, 0.3) is 0 Å². The Kier molecular flexibility index (Phi) is 3.53. The second kappa shape index (κ2) is 5.16. The smallest absolute Gasteiger partial charge is 0.190 e. The highest BCUT2D eigenvalue weighted by atomic mass is 16.8. The van der Waals surface area contributed by atoms with Gasteiger partial charge in [-0.15, -0.1) is 0 Å². The van der Waals surface area contributed by atoms with E-state index in [1.807, 2.05) is 30.3 Å². The molecule has 6 nitrogen and oxygen atoms in total. The van der Waals surface area contributed by atoms with Crippen LogP contribution < -0.4 is 0 Å². The second-order valence-electron chi connectivity index (χ2n) is 4.69. The Balaban J connectivity index is 1.69. The molecular weight excluding hydrogens is 252 g/mol. The zero-order valence-electron chi connectivity index (χ0n) is 10.1. The van der Waals surface area contributed by atoms with Crippen LogP contribution in [-0.4, -0.2) is 52.6 Å². The topological polar surface area (TPSA) is 88.4 Å². The molecule has 2 aliphatic rings. The van der Waals surface area contributed by atoms with Gasteiger partial charge in [-0.3, -0.25) is 0 Å². The van der Waals surface area contributed by atoms with Crippen LogP contribution in [-0.2, 0) is 14.2 Å². The number of rotatable bonds is 3. The molecule has 6 atom stereocenters. The molecule has 0 spiro atoms. The van der Waals surface area contributed by atoms with Crippen LogP contribution in [0, 0.1) is 0 Å². The standard InChI is InChI=1S/C13H16O6/c14-6-8(15)10-9(16)11-13(17-10)19-12(18-11)7-4-2-1-3-5-7/h1-5,8-16H,6H2/t8-,9-,10-,11+,12+,13+/m0/s1. The molecule has 0 amide bonds. The van der Waals surface area contributed by atoms with Crippen molar-refractivity contribution < 1.29 is 29.5 Å². The summed E-state index contributed by atoms with van der Waals surface area (Å²) in [5, 5.41) is 28.4. The fourth-order valence-corrected chi connectivity index (χ4v) is 2.40. The molecule has 0 radical (unpaired) electrons. The molecule has 2 saturated heterocycles. The van der Waals surface area contributed by atoms with Gasteiger partial charge < -0.3 is 29.5 Å². The number of aliphatic hydroxyl groups excluding tert-OH is 3. The van der Waals surface area contributed by atoms with Crippen LogP contribution in [0.5, 0.6) is 0 Å². The Morgan fingerprint density at radius 2 is 1.84 bits per heavy atom. The van der Waals surface area contributed by atoms with E-state index in [2.05, 4.69) is 0 Å². The zero-order valence-corrected chi connectivity index (χ0v) is 10.1. The zero-order chi connectivity index (χ0) is 13.4. The molecule has 0 bridgehead atoms. The lowest BCUT2D eigenvalue weighted by Crippen LogP contribution is -2.41. The van der Waals surface area contributed by atoms with Crippen LogP contribution in [0.15, 0.2) is 30.3 Å². The van der Waals surface area contributed by atoms with E-state index in [4.69, 9.17) is 19.3 Å². The van der Waals surface area contributed by atoms with Crippen LogP contribution in [0.1, 0.15) is 11.9 Å². The summed E-state index contributed by atoms with van der Waals surface area (Å²) in [6.07, 6.45) is -5.04. The summed E-state index contributed by atoms with van der Waals surface area (Å²) in [7, 11) is 0. The number of fused-ring (bicyclic) bond motifs is 1. The summed E-state index contributed by atoms with van der Waals surface area (Å²) in [5.41, 5.74) is 0.840. The molecule has 6 heteroatoms. The molecular formula is C13H16O6. The number of aliphatic hydroxyl groups is 3. The van der Waals surface area contributed by atoms with E-state index in [0.717, 1.165) is 5.56 Å². The Morgan fingerprint density at radius 1 is 1.11 bits per heavy atom. The summed E-state index contributed by atoms with van der Waals surface area (Å²) in [6, 6.07) is 9.34. The van der Waals surface area contributed by atoms with Crippen molar-refractivity contribution >= 4 is 0 Å². The predicted molar refractivity (Wildman–Crippen MR) is 62.9 cm³/mol. The Labute approximate surface area is 110 Å². The lowest BCUT2D eigenvalue weighted by molar-refractivity contribution is -0.191. The molecule has 0 saturated carbocycles. The molecule has 3 N–H and O–H groups in total. The highest BCUT2D eigenvalue weighted by Crippen LogP contribution is 2.39. The molecule has 19 heavy (non-hydrogen) atoms. The summed E-state index contributed by atoms with van der Waals surface area (Å²) < 4.78 is 16.6. The quantitative estimate of drug-likeness (QED) is 0.687. The molecule has 0 aliphatic carbocycles. The van der Waals surface area contributed by atoms with Crippen LogP contribution in [0.25, 0.3) is 0 Å². The highest BCUT2D eigenvalue weighted by Gasteiger charge is 2.53. The number of hydrogen-bond acceptors (Lipinski definition) is 6. The maximum Gasteiger partial charge on any atom is 0.190 e. The average molecular weight is 268 g/mol. The first-order valence-electron chi connectivity index (χ1n) is 6.19. The predicted octanol–water partition coefficient (Wildman–Crippen LogP) is -0.460. The third kappa shape index (κ3) is 2.27. The van der Waals surface area contributed by atoms with E-state index < -0.39 is 43.6 Å². The van der Waals surface area contributed by atoms with E-state index in [1.54, 1.807) is 0 Å². The largest absolute Gasteiger partial charge is 0.394 e. The molecule has 3 rings (SSSR count). The minimum atomic E-state index is -1.15. The minimum Gasteiger partial charge on any atom is -0.394 e. The maximum absolute atomic E-state index is 10.0. The van der Waals surface area contributed by atoms with E-state index in [1.165, 1.54) is 0 Å². The van der Waals surface area contributed by atoms with Crippen molar-refractivity contribution in [3.05, 3.63) is 35.9 Å². The Morgan fingerprint density at radius 3 is 2.47 bits per heavy atom. The van der Waals surface area contributed by atoms with Crippen molar-refractivity contribution in [3.8, 4) is 0 Å². The van der Waals surface area contributed by atoms with Gasteiger partial charge in [0.1, 0.15) is 24.4 Å². The number of ether oxygens (including phenoxy) is 3. The molecule has 0 unspecified atom stereocenters. The van der Waals surface area contributed by atoms with Gasteiger partial charge in [-0.25, -0.2) is 0 Å². The third-order valence-electron chi connectivity index (χ3n) is 3.41. The van der Waals surface area contributed by atoms with Gasteiger partial charge in [0.15, 0.2) is 12.6 Å². The van der Waals surface area contributed by atoms with E-state index in [9.17, 15) is 10.2 Å². The van der Waals surface area contributed by atoms with Crippen LogP contribution in [0.4, 0.5) is 0 Å². The molecule has 0 aromatic heterocycles. The minimum absolute atomic E-state index is 0.483. The number of hydrogen-bond donors (Lipinski definition) is 3. The highest BCUT2D eigenvalue weighted by molar-refractivity contribution is 5.17. The molecule has 2 fully saturated rings. The molecule has 104 valence electrons. The molecule has 1 aromatic carbocycles. The average Bonchev–Trinajstić information content (AvgIpc) is 2.99. The summed E-state index contributed by atoms with van der Waals surface area (Å²) in [6.45, 7) is -0.483. The third-order valence-corrected chi connectivity index (χ3v) is 3.41. The van der Waals surface area contributed by atoms with Gasteiger partial charge in [-0.2, -0.15) is 0 Å². The lowest BCUT2D eigenvalue weighted by Gasteiger charge is -2.22. The first kappa shape index (κ1) is 13.0. The Hall–Kier alpha value is -1.02. The fourth-order valence-electron chi connectivity index (χ4n) is 2.40. The van der Waals surface area contributed by atoms with Gasteiger partial charge in [0.05, 0.1) is 6.61 Å². The second-order valence-corrected chi connectivity index (χ2v) is 4.69. The van der Waals surface area contributed by atoms with Gasteiger partial charge in [0.2, 0.25) is 0 Å². The maximum atomic E-state index is 10.0. The van der Waals surface area contributed by atoms with Crippen LogP contribution in [0.2, 0.25) is 0 Å². The van der Waals surface area contributed by atoms with Crippen LogP contribution >= 0.6 is 0 Å². The normalized spacial score (nSPS) is 39.2. The molecule has 2 aliphatic heterocycles. The lowest BCUT2D eigenvalue weighted by atomic mass is 10.1. The van der Waals surface area contributed by atoms with Gasteiger partial charge in [-0.1, -0.05) is 30.3 Å². The van der Waals surface area contributed by atoms with Gasteiger partial charge in [-0.05, 0) is 0 Å². The van der Waals surface area contributed by atoms with E-state index in [0.29, 0.717) is 0 Å². The van der Waals surface area contributed by atoms with E-state index >= 15 is 0 Å². The van der Waals surface area contributed by atoms with Gasteiger partial charge in [0, 0.05) is 5.56 Å².